The van der Waals surface area contributed by atoms with Crippen molar-refractivity contribution in [2.75, 3.05) is 13.1 Å². The highest BCUT2D eigenvalue weighted by atomic mass is 35.5. The fourth-order valence-corrected chi connectivity index (χ4v) is 4.04. The van der Waals surface area contributed by atoms with Crippen LogP contribution in [0.4, 0.5) is 0 Å². The Bertz CT molecular complexity index is 662. The summed E-state index contributed by atoms with van der Waals surface area (Å²) >= 11 is 6.00. The Morgan fingerprint density at radius 3 is 2.43 bits per heavy atom. The summed E-state index contributed by atoms with van der Waals surface area (Å²) in [6.45, 7) is 4.45. The standard InChI is InChI=1S/C20H22ClNO/c1-15(16-6-8-18(21)9-7-16)22-12-10-20(11-13-22)14-17-4-2-3-5-19(17)23-20/h2-9,15H,10-14H2,1H3. The highest BCUT2D eigenvalue weighted by molar-refractivity contribution is 6.30. The van der Waals surface area contributed by atoms with Gasteiger partial charge in [0.2, 0.25) is 0 Å². The second-order valence-electron chi connectivity index (χ2n) is 6.83. The smallest absolute Gasteiger partial charge is 0.123 e. The van der Waals surface area contributed by atoms with Gasteiger partial charge in [-0.2, -0.15) is 0 Å². The van der Waals surface area contributed by atoms with Crippen molar-refractivity contribution >= 4 is 11.6 Å². The van der Waals surface area contributed by atoms with Crippen LogP contribution in [0.15, 0.2) is 48.5 Å². The van der Waals surface area contributed by atoms with E-state index in [0.717, 1.165) is 43.1 Å². The maximum absolute atomic E-state index is 6.34. The van der Waals surface area contributed by atoms with Gasteiger partial charge in [-0.25, -0.2) is 0 Å². The summed E-state index contributed by atoms with van der Waals surface area (Å²) in [5.41, 5.74) is 2.73. The van der Waals surface area contributed by atoms with Crippen molar-refractivity contribution in [3.05, 3.63) is 64.7 Å². The van der Waals surface area contributed by atoms with E-state index in [4.69, 9.17) is 16.3 Å². The molecule has 120 valence electrons. The first-order chi connectivity index (χ1) is 11.2. The van der Waals surface area contributed by atoms with Crippen LogP contribution >= 0.6 is 11.6 Å². The predicted octanol–water partition coefficient (Wildman–Crippen LogP) is 4.87. The third-order valence-corrected chi connectivity index (χ3v) is 5.67. The molecule has 2 aliphatic heterocycles. The monoisotopic (exact) mass is 327 g/mol. The first-order valence-electron chi connectivity index (χ1n) is 8.42. The molecule has 1 fully saturated rings. The zero-order valence-corrected chi connectivity index (χ0v) is 14.2. The lowest BCUT2D eigenvalue weighted by Crippen LogP contribution is -2.47. The number of likely N-dealkylation sites (tertiary alicyclic amines) is 1. The number of piperidine rings is 1. The largest absolute Gasteiger partial charge is 0.487 e. The van der Waals surface area contributed by atoms with Gasteiger partial charge in [-0.15, -0.1) is 0 Å². The lowest BCUT2D eigenvalue weighted by molar-refractivity contribution is 0.00762. The number of nitrogens with zero attached hydrogens (tertiary/aromatic N) is 1. The van der Waals surface area contributed by atoms with Gasteiger partial charge >= 0.3 is 0 Å². The number of ether oxygens (including phenoxy) is 1. The zero-order valence-electron chi connectivity index (χ0n) is 13.5. The Hall–Kier alpha value is -1.51. The second-order valence-corrected chi connectivity index (χ2v) is 7.27. The summed E-state index contributed by atoms with van der Waals surface area (Å²) in [6.07, 6.45) is 3.26. The van der Waals surface area contributed by atoms with Crippen molar-refractivity contribution in [2.24, 2.45) is 0 Å². The van der Waals surface area contributed by atoms with E-state index < -0.39 is 0 Å². The highest BCUT2D eigenvalue weighted by Crippen LogP contribution is 2.41. The van der Waals surface area contributed by atoms with Crippen molar-refractivity contribution in [1.29, 1.82) is 0 Å². The second kappa shape index (κ2) is 5.85. The average Bonchev–Trinajstić information content (AvgIpc) is 2.93. The van der Waals surface area contributed by atoms with Crippen LogP contribution in [0.1, 0.15) is 36.9 Å². The molecule has 2 heterocycles. The molecule has 0 aromatic heterocycles. The molecule has 2 nitrogen and oxygen atoms in total. The van der Waals surface area contributed by atoms with Crippen molar-refractivity contribution in [2.45, 2.75) is 37.8 Å². The molecule has 2 aromatic carbocycles. The SMILES string of the molecule is CC(c1ccc(Cl)cc1)N1CCC2(CC1)Cc1ccccc1O2. The zero-order chi connectivity index (χ0) is 15.9. The van der Waals surface area contributed by atoms with Gasteiger partial charge in [0, 0.05) is 43.4 Å². The molecule has 0 amide bonds. The fourth-order valence-electron chi connectivity index (χ4n) is 3.92. The molecule has 0 aliphatic carbocycles. The fraction of sp³-hybridized carbons (Fsp3) is 0.400. The van der Waals surface area contributed by atoms with Crippen LogP contribution in [0.25, 0.3) is 0 Å². The van der Waals surface area contributed by atoms with Crippen LogP contribution in [0, 0.1) is 0 Å². The van der Waals surface area contributed by atoms with E-state index in [-0.39, 0.29) is 5.60 Å². The molecular weight excluding hydrogens is 306 g/mol. The molecule has 1 unspecified atom stereocenters. The van der Waals surface area contributed by atoms with E-state index in [2.05, 4.69) is 48.2 Å². The van der Waals surface area contributed by atoms with Gasteiger partial charge in [-0.3, -0.25) is 4.90 Å². The highest BCUT2D eigenvalue weighted by Gasteiger charge is 2.42. The Labute approximate surface area is 143 Å². The van der Waals surface area contributed by atoms with Crippen LogP contribution < -0.4 is 4.74 Å². The van der Waals surface area contributed by atoms with E-state index in [1.165, 1.54) is 11.1 Å². The molecular formula is C20H22ClNO. The number of benzene rings is 2. The maximum Gasteiger partial charge on any atom is 0.123 e. The van der Waals surface area contributed by atoms with Gasteiger partial charge in [0.05, 0.1) is 0 Å². The Morgan fingerprint density at radius 2 is 1.74 bits per heavy atom. The summed E-state index contributed by atoms with van der Waals surface area (Å²) in [5, 5.41) is 0.802. The van der Waals surface area contributed by atoms with Crippen molar-refractivity contribution in [3.63, 3.8) is 0 Å². The van der Waals surface area contributed by atoms with E-state index in [1.54, 1.807) is 0 Å². The van der Waals surface area contributed by atoms with E-state index in [1.807, 2.05) is 12.1 Å². The first-order valence-corrected chi connectivity index (χ1v) is 8.79. The maximum atomic E-state index is 6.34. The minimum atomic E-state index is 0.0277. The van der Waals surface area contributed by atoms with Gasteiger partial charge in [0.25, 0.3) is 0 Å². The van der Waals surface area contributed by atoms with Crippen molar-refractivity contribution < 1.29 is 4.74 Å². The molecule has 0 N–H and O–H groups in total. The summed E-state index contributed by atoms with van der Waals surface area (Å²) in [5.74, 6) is 1.09. The molecule has 1 saturated heterocycles. The Morgan fingerprint density at radius 1 is 1.04 bits per heavy atom. The van der Waals surface area contributed by atoms with E-state index in [0.29, 0.717) is 6.04 Å². The van der Waals surface area contributed by atoms with Crippen LogP contribution in [0.2, 0.25) is 5.02 Å². The minimum absolute atomic E-state index is 0.0277. The van der Waals surface area contributed by atoms with Crippen molar-refractivity contribution in [1.82, 2.24) is 4.90 Å². The molecule has 0 bridgehead atoms. The summed E-state index contributed by atoms with van der Waals surface area (Å²) in [6, 6.07) is 17.1. The predicted molar refractivity (Wildman–Crippen MR) is 94.2 cm³/mol. The number of hydrogen-bond acceptors (Lipinski definition) is 2. The van der Waals surface area contributed by atoms with E-state index >= 15 is 0 Å². The lowest BCUT2D eigenvalue weighted by Gasteiger charge is -2.41. The van der Waals surface area contributed by atoms with Crippen LogP contribution in [0.3, 0.4) is 0 Å². The minimum Gasteiger partial charge on any atom is -0.487 e. The van der Waals surface area contributed by atoms with Gasteiger partial charge in [-0.05, 0) is 36.2 Å². The number of rotatable bonds is 2. The molecule has 1 atom stereocenters. The summed E-state index contributed by atoms with van der Waals surface area (Å²) in [4.78, 5) is 2.56. The number of halogens is 1. The molecule has 0 saturated carbocycles. The van der Waals surface area contributed by atoms with Gasteiger partial charge in [0.15, 0.2) is 0 Å². The first kappa shape index (κ1) is 15.0. The Kier molecular flexibility index (Phi) is 3.82. The average molecular weight is 328 g/mol. The molecule has 1 spiro atoms. The molecule has 2 aliphatic rings. The molecule has 4 rings (SSSR count). The number of hydrogen-bond donors (Lipinski definition) is 0. The lowest BCUT2D eigenvalue weighted by atomic mass is 9.86. The number of fused-ring (bicyclic) bond motifs is 1. The van der Waals surface area contributed by atoms with E-state index in [9.17, 15) is 0 Å². The van der Waals surface area contributed by atoms with Gasteiger partial charge in [-0.1, -0.05) is 41.9 Å². The molecule has 3 heteroatoms. The van der Waals surface area contributed by atoms with Gasteiger partial charge in [0.1, 0.15) is 11.4 Å². The summed E-state index contributed by atoms with van der Waals surface area (Å²) in [7, 11) is 0. The van der Waals surface area contributed by atoms with Crippen LogP contribution in [-0.4, -0.2) is 23.6 Å². The third-order valence-electron chi connectivity index (χ3n) is 5.42. The quantitative estimate of drug-likeness (QED) is 0.780. The Balaban J connectivity index is 1.43. The van der Waals surface area contributed by atoms with Gasteiger partial charge < -0.3 is 4.74 Å². The normalized spacial score (nSPS) is 21.0. The molecule has 2 aromatic rings. The number of para-hydroxylation sites is 1. The summed E-state index contributed by atoms with van der Waals surface area (Å²) < 4.78 is 6.34. The van der Waals surface area contributed by atoms with Crippen molar-refractivity contribution in [3.8, 4) is 5.75 Å². The molecule has 0 radical (unpaired) electrons. The topological polar surface area (TPSA) is 12.5 Å². The van der Waals surface area contributed by atoms with Crippen LogP contribution in [0.5, 0.6) is 5.75 Å². The molecule has 23 heavy (non-hydrogen) atoms. The van der Waals surface area contributed by atoms with Crippen LogP contribution in [-0.2, 0) is 6.42 Å². The third kappa shape index (κ3) is 2.86.